The van der Waals surface area contributed by atoms with Gasteiger partial charge in [0.05, 0.1) is 10.6 Å². The monoisotopic (exact) mass is 388 g/mol. The summed E-state index contributed by atoms with van der Waals surface area (Å²) in [6, 6.07) is 5.19. The number of anilines is 2. The van der Waals surface area contributed by atoms with Crippen LogP contribution in [0.1, 0.15) is 46.7 Å². The molecule has 0 aliphatic rings. The number of sulfonamides is 1. The predicted octanol–water partition coefficient (Wildman–Crippen LogP) is 4.69. The lowest BCUT2D eigenvalue weighted by molar-refractivity contribution is -0.115. The molecule has 0 radical (unpaired) electrons. The van der Waals surface area contributed by atoms with Gasteiger partial charge in [0, 0.05) is 12.1 Å². The smallest absolute Gasteiger partial charge is 0.262 e. The molecule has 146 valence electrons. The Kier molecular flexibility index (Phi) is 6.00. The van der Waals surface area contributed by atoms with E-state index in [2.05, 4.69) is 10.0 Å². The van der Waals surface area contributed by atoms with Crippen molar-refractivity contribution in [2.45, 2.75) is 59.8 Å². The van der Waals surface area contributed by atoms with E-state index in [4.69, 9.17) is 0 Å². The van der Waals surface area contributed by atoms with Crippen LogP contribution in [0.15, 0.2) is 23.1 Å². The highest BCUT2D eigenvalue weighted by Gasteiger charge is 2.24. The van der Waals surface area contributed by atoms with Crippen molar-refractivity contribution in [2.75, 3.05) is 10.0 Å². The molecule has 0 aromatic heterocycles. The van der Waals surface area contributed by atoms with Crippen LogP contribution < -0.4 is 10.0 Å². The van der Waals surface area contributed by atoms with Gasteiger partial charge in [0.25, 0.3) is 10.0 Å². The largest absolute Gasteiger partial charge is 0.326 e. The zero-order valence-electron chi connectivity index (χ0n) is 17.1. The molecule has 0 aliphatic carbocycles. The van der Waals surface area contributed by atoms with Gasteiger partial charge in [-0.15, -0.1) is 0 Å². The fraction of sp³-hybridized carbons (Fsp3) is 0.381. The average molecular weight is 389 g/mol. The molecule has 27 heavy (non-hydrogen) atoms. The normalized spacial score (nSPS) is 11.4. The van der Waals surface area contributed by atoms with Gasteiger partial charge in [0.15, 0.2) is 0 Å². The summed E-state index contributed by atoms with van der Waals surface area (Å²) in [5.41, 5.74) is 6.35. The molecular weight excluding hydrogens is 360 g/mol. The summed E-state index contributed by atoms with van der Waals surface area (Å²) in [5.74, 6) is -0.116. The topological polar surface area (TPSA) is 75.3 Å². The van der Waals surface area contributed by atoms with Gasteiger partial charge < -0.3 is 5.32 Å². The number of hydrogen-bond donors (Lipinski definition) is 2. The first kappa shape index (κ1) is 21.0. The maximum atomic E-state index is 13.2. The molecule has 0 fully saturated rings. The molecule has 0 atom stereocenters. The van der Waals surface area contributed by atoms with Gasteiger partial charge >= 0.3 is 0 Å². The minimum Gasteiger partial charge on any atom is -0.326 e. The van der Waals surface area contributed by atoms with E-state index < -0.39 is 10.0 Å². The second-order valence-electron chi connectivity index (χ2n) is 6.94. The van der Waals surface area contributed by atoms with Gasteiger partial charge in [-0.25, -0.2) is 8.42 Å². The Morgan fingerprint density at radius 3 is 1.81 bits per heavy atom. The maximum absolute atomic E-state index is 13.2. The van der Waals surface area contributed by atoms with Crippen LogP contribution in [0.5, 0.6) is 0 Å². The van der Waals surface area contributed by atoms with Crippen molar-refractivity contribution in [2.24, 2.45) is 0 Å². The van der Waals surface area contributed by atoms with E-state index >= 15 is 0 Å². The third kappa shape index (κ3) is 4.00. The Hall–Kier alpha value is -2.34. The predicted molar refractivity (Wildman–Crippen MR) is 111 cm³/mol. The van der Waals surface area contributed by atoms with E-state index in [0.717, 1.165) is 27.8 Å². The second-order valence-corrected chi connectivity index (χ2v) is 8.56. The summed E-state index contributed by atoms with van der Waals surface area (Å²) >= 11 is 0. The molecule has 0 spiro atoms. The van der Waals surface area contributed by atoms with E-state index in [1.165, 1.54) is 0 Å². The van der Waals surface area contributed by atoms with Gasteiger partial charge in [-0.2, -0.15) is 0 Å². The second kappa shape index (κ2) is 7.72. The summed E-state index contributed by atoms with van der Waals surface area (Å²) in [6.07, 6.45) is 0.357. The van der Waals surface area contributed by atoms with E-state index in [-0.39, 0.29) is 5.91 Å². The van der Waals surface area contributed by atoms with Gasteiger partial charge in [-0.3, -0.25) is 9.52 Å². The molecule has 0 heterocycles. The highest BCUT2D eigenvalue weighted by atomic mass is 32.2. The molecule has 2 aromatic rings. The van der Waals surface area contributed by atoms with E-state index in [0.29, 0.717) is 28.3 Å². The molecule has 5 nitrogen and oxygen atoms in total. The number of carbonyl (C=O) groups excluding carboxylic acids is 1. The van der Waals surface area contributed by atoms with Crippen LogP contribution in [0, 0.1) is 41.5 Å². The van der Waals surface area contributed by atoms with Gasteiger partial charge in [0.1, 0.15) is 0 Å². The van der Waals surface area contributed by atoms with Crippen molar-refractivity contribution in [3.05, 3.63) is 51.6 Å². The van der Waals surface area contributed by atoms with Crippen LogP contribution in [0.25, 0.3) is 0 Å². The molecule has 0 bridgehead atoms. The SMILES string of the molecule is CCC(=O)Nc1cccc(NS(=O)(=O)c2c(C)c(C)c(C)c(C)c2C)c1C. The third-order valence-corrected chi connectivity index (χ3v) is 7.01. The standard InChI is InChI=1S/C21H28N2O3S/c1-8-20(24)22-18-10-9-11-19(17(18)7)23-27(25,26)21-15(5)13(3)12(2)14(4)16(21)6/h9-11,23H,8H2,1-7H3,(H,22,24). The van der Waals surface area contributed by atoms with E-state index in [1.54, 1.807) is 32.0 Å². The summed E-state index contributed by atoms with van der Waals surface area (Å²) in [6.45, 7) is 13.1. The zero-order valence-corrected chi connectivity index (χ0v) is 17.9. The van der Waals surface area contributed by atoms with Gasteiger partial charge in [0.2, 0.25) is 5.91 Å². The summed E-state index contributed by atoms with van der Waals surface area (Å²) in [4.78, 5) is 12.0. The fourth-order valence-electron chi connectivity index (χ4n) is 3.18. The average Bonchev–Trinajstić information content (AvgIpc) is 2.61. The highest BCUT2D eigenvalue weighted by molar-refractivity contribution is 7.92. The lowest BCUT2D eigenvalue weighted by Gasteiger charge is -2.20. The highest BCUT2D eigenvalue weighted by Crippen LogP contribution is 2.32. The van der Waals surface area contributed by atoms with E-state index in [1.807, 2.05) is 34.6 Å². The first-order chi connectivity index (χ1) is 12.5. The molecule has 0 aliphatic heterocycles. The minimum absolute atomic E-state index is 0.116. The Labute approximate surface area is 162 Å². The maximum Gasteiger partial charge on any atom is 0.262 e. The summed E-state index contributed by atoms with van der Waals surface area (Å²) < 4.78 is 29.1. The van der Waals surface area contributed by atoms with Crippen molar-refractivity contribution in [3.8, 4) is 0 Å². The van der Waals surface area contributed by atoms with Crippen LogP contribution in [-0.2, 0) is 14.8 Å². The van der Waals surface area contributed by atoms with Gasteiger partial charge in [-0.05, 0) is 87.1 Å². The first-order valence-corrected chi connectivity index (χ1v) is 10.5. The Morgan fingerprint density at radius 2 is 1.30 bits per heavy atom. The number of nitrogens with one attached hydrogen (secondary N) is 2. The van der Waals surface area contributed by atoms with Crippen molar-refractivity contribution < 1.29 is 13.2 Å². The summed E-state index contributed by atoms with van der Waals surface area (Å²) in [5, 5.41) is 2.80. The fourth-order valence-corrected chi connectivity index (χ4v) is 4.91. The van der Waals surface area contributed by atoms with Crippen molar-refractivity contribution >= 4 is 27.3 Å². The lowest BCUT2D eigenvalue weighted by Crippen LogP contribution is -2.19. The molecule has 6 heteroatoms. The lowest BCUT2D eigenvalue weighted by atomic mass is 9.95. The quantitative estimate of drug-likeness (QED) is 0.780. The summed E-state index contributed by atoms with van der Waals surface area (Å²) in [7, 11) is -3.77. The zero-order chi connectivity index (χ0) is 20.5. The van der Waals surface area contributed by atoms with Crippen LogP contribution in [0.4, 0.5) is 11.4 Å². The van der Waals surface area contributed by atoms with Crippen molar-refractivity contribution in [1.29, 1.82) is 0 Å². The molecule has 0 saturated carbocycles. The van der Waals surface area contributed by atoms with Crippen LogP contribution in [0.2, 0.25) is 0 Å². The number of carbonyl (C=O) groups is 1. The Bertz CT molecular complexity index is 980. The number of benzene rings is 2. The van der Waals surface area contributed by atoms with Crippen LogP contribution in [0.3, 0.4) is 0 Å². The number of hydrogen-bond acceptors (Lipinski definition) is 3. The molecule has 2 aromatic carbocycles. The molecule has 1 amide bonds. The van der Waals surface area contributed by atoms with Crippen molar-refractivity contribution in [1.82, 2.24) is 0 Å². The molecular formula is C21H28N2O3S. The molecule has 2 N–H and O–H groups in total. The molecule has 0 saturated heterocycles. The molecule has 0 unspecified atom stereocenters. The van der Waals surface area contributed by atoms with Crippen LogP contribution >= 0.6 is 0 Å². The molecule has 2 rings (SSSR count). The van der Waals surface area contributed by atoms with Crippen molar-refractivity contribution in [3.63, 3.8) is 0 Å². The van der Waals surface area contributed by atoms with Gasteiger partial charge in [-0.1, -0.05) is 13.0 Å². The first-order valence-electron chi connectivity index (χ1n) is 9.00. The Morgan fingerprint density at radius 1 is 0.815 bits per heavy atom. The van der Waals surface area contributed by atoms with Crippen LogP contribution in [-0.4, -0.2) is 14.3 Å². The minimum atomic E-state index is -3.77. The van der Waals surface area contributed by atoms with E-state index in [9.17, 15) is 13.2 Å². The Balaban J connectivity index is 2.53. The number of amides is 1. The third-order valence-electron chi connectivity index (χ3n) is 5.37. The number of rotatable bonds is 5.